The SMILES string of the molecule is Fc1ccc(C#CCCl)c(OCc2cccc(F)c2F)c1. The van der Waals surface area contributed by atoms with Crippen molar-refractivity contribution in [3.05, 3.63) is 65.0 Å². The van der Waals surface area contributed by atoms with E-state index in [0.717, 1.165) is 12.1 Å². The van der Waals surface area contributed by atoms with Gasteiger partial charge in [-0.1, -0.05) is 24.0 Å². The smallest absolute Gasteiger partial charge is 0.165 e. The van der Waals surface area contributed by atoms with E-state index in [1.165, 1.54) is 24.3 Å². The molecule has 0 bridgehead atoms. The Balaban J connectivity index is 2.23. The zero-order chi connectivity index (χ0) is 15.2. The minimum absolute atomic E-state index is 0.0375. The fourth-order valence-corrected chi connectivity index (χ4v) is 1.73. The van der Waals surface area contributed by atoms with Crippen LogP contribution in [0.1, 0.15) is 11.1 Å². The molecule has 21 heavy (non-hydrogen) atoms. The molecule has 5 heteroatoms. The number of ether oxygens (including phenoxy) is 1. The monoisotopic (exact) mass is 310 g/mol. The molecule has 0 spiro atoms. The summed E-state index contributed by atoms with van der Waals surface area (Å²) in [6.07, 6.45) is 0. The molecule has 2 aromatic rings. The Morgan fingerprint density at radius 2 is 1.90 bits per heavy atom. The van der Waals surface area contributed by atoms with Crippen molar-refractivity contribution >= 4 is 11.6 Å². The van der Waals surface area contributed by atoms with Gasteiger partial charge in [0.05, 0.1) is 11.4 Å². The van der Waals surface area contributed by atoms with E-state index in [-0.39, 0.29) is 23.8 Å². The lowest BCUT2D eigenvalue weighted by molar-refractivity contribution is 0.295. The number of halogens is 4. The predicted molar refractivity (Wildman–Crippen MR) is 74.7 cm³/mol. The summed E-state index contributed by atoms with van der Waals surface area (Å²) in [6, 6.07) is 7.58. The minimum atomic E-state index is -0.984. The Hall–Kier alpha value is -2.12. The van der Waals surface area contributed by atoms with Gasteiger partial charge in [-0.05, 0) is 18.2 Å². The quantitative estimate of drug-likeness (QED) is 0.607. The lowest BCUT2D eigenvalue weighted by Gasteiger charge is -2.09. The Labute approximate surface area is 125 Å². The molecule has 0 atom stereocenters. The molecule has 0 aliphatic rings. The first-order chi connectivity index (χ1) is 10.1. The van der Waals surface area contributed by atoms with E-state index in [1.54, 1.807) is 0 Å². The van der Waals surface area contributed by atoms with Crippen LogP contribution in [-0.2, 0) is 6.61 Å². The minimum Gasteiger partial charge on any atom is -0.487 e. The van der Waals surface area contributed by atoms with E-state index in [1.807, 2.05) is 0 Å². The molecule has 2 rings (SSSR count). The maximum atomic E-state index is 13.5. The van der Waals surface area contributed by atoms with Gasteiger partial charge >= 0.3 is 0 Å². The van der Waals surface area contributed by atoms with Crippen LogP contribution in [0.3, 0.4) is 0 Å². The summed E-state index contributed by atoms with van der Waals surface area (Å²) < 4.78 is 45.2. The Morgan fingerprint density at radius 3 is 2.67 bits per heavy atom. The summed E-state index contributed by atoms with van der Waals surface area (Å²) >= 11 is 5.47. The fourth-order valence-electron chi connectivity index (χ4n) is 1.66. The van der Waals surface area contributed by atoms with Crippen molar-refractivity contribution in [2.24, 2.45) is 0 Å². The van der Waals surface area contributed by atoms with Crippen LogP contribution in [-0.4, -0.2) is 5.88 Å². The average molecular weight is 311 g/mol. The summed E-state index contributed by atoms with van der Waals surface area (Å²) in [5, 5.41) is 0. The maximum absolute atomic E-state index is 13.5. The molecule has 2 aromatic carbocycles. The Morgan fingerprint density at radius 1 is 1.10 bits per heavy atom. The highest BCUT2D eigenvalue weighted by atomic mass is 35.5. The predicted octanol–water partition coefficient (Wildman–Crippen LogP) is 4.27. The van der Waals surface area contributed by atoms with Gasteiger partial charge in [0.15, 0.2) is 11.6 Å². The largest absolute Gasteiger partial charge is 0.487 e. The van der Waals surface area contributed by atoms with E-state index in [0.29, 0.717) is 5.56 Å². The molecular weight excluding hydrogens is 301 g/mol. The molecule has 0 aliphatic carbocycles. The van der Waals surface area contributed by atoms with Gasteiger partial charge in [0, 0.05) is 11.6 Å². The Bertz CT molecular complexity index is 704. The molecule has 0 aliphatic heterocycles. The summed E-state index contributed by atoms with van der Waals surface area (Å²) in [7, 11) is 0. The molecular formula is C16H10ClF3O. The Kier molecular flexibility index (Phi) is 5.13. The van der Waals surface area contributed by atoms with Gasteiger partial charge < -0.3 is 4.74 Å². The number of rotatable bonds is 3. The van der Waals surface area contributed by atoms with Crippen LogP contribution in [0, 0.1) is 29.3 Å². The van der Waals surface area contributed by atoms with Crippen molar-refractivity contribution in [1.29, 1.82) is 0 Å². The molecule has 0 fully saturated rings. The normalized spacial score (nSPS) is 9.90. The van der Waals surface area contributed by atoms with E-state index >= 15 is 0 Å². The lowest BCUT2D eigenvalue weighted by Crippen LogP contribution is -2.02. The molecule has 0 unspecified atom stereocenters. The van der Waals surface area contributed by atoms with Crippen molar-refractivity contribution in [2.75, 3.05) is 5.88 Å². The van der Waals surface area contributed by atoms with Crippen molar-refractivity contribution < 1.29 is 17.9 Å². The molecule has 0 aromatic heterocycles. The number of hydrogen-bond donors (Lipinski definition) is 0. The molecule has 1 nitrogen and oxygen atoms in total. The van der Waals surface area contributed by atoms with Gasteiger partial charge in [0.25, 0.3) is 0 Å². The first-order valence-electron chi connectivity index (χ1n) is 6.02. The van der Waals surface area contributed by atoms with E-state index in [9.17, 15) is 13.2 Å². The molecule has 0 heterocycles. The topological polar surface area (TPSA) is 9.23 Å². The second kappa shape index (κ2) is 7.05. The molecule has 0 amide bonds. The number of benzene rings is 2. The summed E-state index contributed by atoms with van der Waals surface area (Å²) in [5.74, 6) is 3.15. The van der Waals surface area contributed by atoms with Crippen molar-refractivity contribution in [3.63, 3.8) is 0 Å². The molecule has 0 saturated heterocycles. The van der Waals surface area contributed by atoms with Crippen LogP contribution in [0.4, 0.5) is 13.2 Å². The molecule has 0 N–H and O–H groups in total. The number of alkyl halides is 1. The third kappa shape index (κ3) is 3.93. The first-order valence-corrected chi connectivity index (χ1v) is 6.55. The standard InChI is InChI=1S/C16H10ClF3O/c17-8-2-4-11-6-7-13(18)9-15(11)21-10-12-3-1-5-14(19)16(12)20/h1,3,5-7,9H,8,10H2. The van der Waals surface area contributed by atoms with E-state index < -0.39 is 17.5 Å². The highest BCUT2D eigenvalue weighted by Gasteiger charge is 2.10. The van der Waals surface area contributed by atoms with Gasteiger partial charge in [0.2, 0.25) is 0 Å². The lowest BCUT2D eigenvalue weighted by atomic mass is 10.2. The zero-order valence-electron chi connectivity index (χ0n) is 10.8. The second-order valence-electron chi connectivity index (χ2n) is 4.08. The van der Waals surface area contributed by atoms with E-state index in [2.05, 4.69) is 11.8 Å². The van der Waals surface area contributed by atoms with Gasteiger partial charge in [-0.2, -0.15) is 0 Å². The number of hydrogen-bond acceptors (Lipinski definition) is 1. The zero-order valence-corrected chi connectivity index (χ0v) is 11.6. The molecule has 108 valence electrons. The summed E-state index contributed by atoms with van der Waals surface area (Å²) in [4.78, 5) is 0. The van der Waals surface area contributed by atoms with E-state index in [4.69, 9.17) is 16.3 Å². The highest BCUT2D eigenvalue weighted by molar-refractivity contribution is 6.19. The van der Waals surface area contributed by atoms with Crippen LogP contribution in [0.5, 0.6) is 5.75 Å². The second-order valence-corrected chi connectivity index (χ2v) is 4.34. The summed E-state index contributed by atoms with van der Waals surface area (Å²) in [6.45, 7) is -0.234. The van der Waals surface area contributed by atoms with Gasteiger partial charge in [-0.25, -0.2) is 13.2 Å². The van der Waals surface area contributed by atoms with Crippen LogP contribution < -0.4 is 4.74 Å². The third-order valence-electron chi connectivity index (χ3n) is 2.65. The molecule has 0 saturated carbocycles. The van der Waals surface area contributed by atoms with Crippen LogP contribution in [0.25, 0.3) is 0 Å². The average Bonchev–Trinajstić information content (AvgIpc) is 2.48. The van der Waals surface area contributed by atoms with Crippen molar-refractivity contribution in [2.45, 2.75) is 6.61 Å². The van der Waals surface area contributed by atoms with Crippen molar-refractivity contribution in [1.82, 2.24) is 0 Å². The van der Waals surface area contributed by atoms with Crippen molar-refractivity contribution in [3.8, 4) is 17.6 Å². The highest BCUT2D eigenvalue weighted by Crippen LogP contribution is 2.21. The van der Waals surface area contributed by atoms with Crippen LogP contribution >= 0.6 is 11.6 Å². The van der Waals surface area contributed by atoms with Gasteiger partial charge in [0.1, 0.15) is 18.2 Å². The fraction of sp³-hybridized carbons (Fsp3) is 0.125. The van der Waals surface area contributed by atoms with Gasteiger partial charge in [-0.3, -0.25) is 0 Å². The van der Waals surface area contributed by atoms with Crippen LogP contribution in [0.2, 0.25) is 0 Å². The maximum Gasteiger partial charge on any atom is 0.165 e. The van der Waals surface area contributed by atoms with Gasteiger partial charge in [-0.15, -0.1) is 11.6 Å². The summed E-state index contributed by atoms with van der Waals surface area (Å²) in [5.41, 5.74) is 0.462. The van der Waals surface area contributed by atoms with Crippen LogP contribution in [0.15, 0.2) is 36.4 Å². The third-order valence-corrected chi connectivity index (χ3v) is 2.78. The molecule has 0 radical (unpaired) electrons. The first kappa shape index (κ1) is 15.3.